The maximum absolute atomic E-state index is 13.3. The highest BCUT2D eigenvalue weighted by molar-refractivity contribution is 7.92. The lowest BCUT2D eigenvalue weighted by Gasteiger charge is -2.38. The van der Waals surface area contributed by atoms with Gasteiger partial charge < -0.3 is 25.0 Å². The lowest BCUT2D eigenvalue weighted by molar-refractivity contribution is -0.0312. The molecule has 11 nitrogen and oxygen atoms in total. The summed E-state index contributed by atoms with van der Waals surface area (Å²) in [6.07, 6.45) is 2.37. The van der Waals surface area contributed by atoms with Gasteiger partial charge in [0.05, 0.1) is 34.0 Å². The van der Waals surface area contributed by atoms with Gasteiger partial charge in [0.25, 0.3) is 0 Å². The minimum Gasteiger partial charge on any atom is -0.491 e. The predicted octanol–water partition coefficient (Wildman–Crippen LogP) is 1.87. The Morgan fingerprint density at radius 1 is 1.05 bits per heavy atom. The Bertz CT molecular complexity index is 1670. The second-order valence-corrected chi connectivity index (χ2v) is 16.0. The molecule has 2 atom stereocenters. The fourth-order valence-electron chi connectivity index (χ4n) is 6.08. The van der Waals surface area contributed by atoms with E-state index in [0.717, 1.165) is 10.9 Å². The molecule has 3 fully saturated rings. The SMILES string of the molecule is O=S(=O)(c1cccc(OCC(O)CN[C@H]2COC3(CCN(S(=O)(=O)c4cnc5ccccc5c4)CC3)C2)c1)C1CC(O)C1. The summed E-state index contributed by atoms with van der Waals surface area (Å²) in [4.78, 5) is 4.66. The number of aliphatic hydroxyl groups is 2. The van der Waals surface area contributed by atoms with Crippen LogP contribution in [0.4, 0.5) is 0 Å². The standard InChI is InChI=1S/C30H37N3O8S2/c34-23-13-27(14-23)42(36,37)26-6-3-5-25(15-26)40-20-24(35)17-31-22-16-30(41-19-22)8-10-33(11-9-30)43(38,39)28-12-21-4-1-2-7-29(21)32-18-28/h1-7,12,15,18,22-24,27,31,34-35H,8-11,13-14,16-17,19-20H2/t22-,23?,24?,27?/m1/s1. The van der Waals surface area contributed by atoms with Crippen LogP contribution in [0.2, 0.25) is 0 Å². The molecular weight excluding hydrogens is 594 g/mol. The summed E-state index contributed by atoms with van der Waals surface area (Å²) in [6, 6.07) is 15.3. The predicted molar refractivity (Wildman–Crippen MR) is 159 cm³/mol. The van der Waals surface area contributed by atoms with E-state index in [9.17, 15) is 27.0 Å². The number of pyridine rings is 1. The smallest absolute Gasteiger partial charge is 0.244 e. The largest absolute Gasteiger partial charge is 0.491 e. The summed E-state index contributed by atoms with van der Waals surface area (Å²) in [7, 11) is -7.20. The average Bonchev–Trinajstić information content (AvgIpc) is 3.39. The van der Waals surface area contributed by atoms with Gasteiger partial charge in [-0.25, -0.2) is 16.8 Å². The average molecular weight is 632 g/mol. The number of aliphatic hydroxyl groups excluding tert-OH is 2. The molecule has 1 spiro atoms. The van der Waals surface area contributed by atoms with Gasteiger partial charge in [-0.05, 0) is 62.4 Å². The van der Waals surface area contributed by atoms with E-state index >= 15 is 0 Å². The normalized spacial score (nSPS) is 25.0. The lowest BCUT2D eigenvalue weighted by atomic mass is 9.88. The number of rotatable bonds is 10. The van der Waals surface area contributed by atoms with Crippen LogP contribution in [0.1, 0.15) is 32.1 Å². The molecule has 13 heteroatoms. The van der Waals surface area contributed by atoms with Crippen LogP contribution in [0.5, 0.6) is 5.75 Å². The zero-order valence-corrected chi connectivity index (χ0v) is 25.3. The third kappa shape index (κ3) is 6.44. The van der Waals surface area contributed by atoms with Crippen molar-refractivity contribution < 1.29 is 36.5 Å². The van der Waals surface area contributed by atoms with E-state index in [2.05, 4.69) is 10.3 Å². The molecule has 1 aromatic heterocycles. The van der Waals surface area contributed by atoms with Gasteiger partial charge in [-0.3, -0.25) is 4.98 Å². The highest BCUT2D eigenvalue weighted by Gasteiger charge is 2.45. The van der Waals surface area contributed by atoms with Crippen LogP contribution in [0.3, 0.4) is 0 Å². The maximum Gasteiger partial charge on any atom is 0.244 e. The van der Waals surface area contributed by atoms with Gasteiger partial charge in [0.15, 0.2) is 9.84 Å². The number of sulfone groups is 1. The Labute approximate surface area is 251 Å². The summed E-state index contributed by atoms with van der Waals surface area (Å²) in [5, 5.41) is 23.5. The number of ether oxygens (including phenoxy) is 2. The number of para-hydroxylation sites is 1. The second kappa shape index (κ2) is 12.0. The first-order valence-corrected chi connectivity index (χ1v) is 17.6. The molecule has 43 heavy (non-hydrogen) atoms. The molecule has 0 amide bonds. The van der Waals surface area contributed by atoms with Crippen molar-refractivity contribution in [2.45, 2.75) is 71.0 Å². The van der Waals surface area contributed by atoms with Crippen LogP contribution in [0, 0.1) is 0 Å². The molecule has 3 N–H and O–H groups in total. The zero-order valence-electron chi connectivity index (χ0n) is 23.7. The Balaban J connectivity index is 0.963. The summed E-state index contributed by atoms with van der Waals surface area (Å²) in [5.41, 5.74) is 0.342. The summed E-state index contributed by atoms with van der Waals surface area (Å²) < 4.78 is 65.5. The summed E-state index contributed by atoms with van der Waals surface area (Å²) in [5.74, 6) is 0.351. The molecule has 2 saturated heterocycles. The van der Waals surface area contributed by atoms with E-state index in [0.29, 0.717) is 44.7 Å². The Hall–Kier alpha value is -2.65. The molecule has 3 aliphatic rings. The molecule has 1 aliphatic carbocycles. The van der Waals surface area contributed by atoms with Gasteiger partial charge in [-0.2, -0.15) is 4.31 Å². The van der Waals surface area contributed by atoms with E-state index in [-0.39, 0.29) is 41.8 Å². The maximum atomic E-state index is 13.3. The van der Waals surface area contributed by atoms with Crippen LogP contribution in [-0.4, -0.2) is 98.3 Å². The topological polar surface area (TPSA) is 155 Å². The van der Waals surface area contributed by atoms with Gasteiger partial charge >= 0.3 is 0 Å². The van der Waals surface area contributed by atoms with Crippen molar-refractivity contribution in [2.24, 2.45) is 0 Å². The number of hydrogen-bond acceptors (Lipinski definition) is 10. The Morgan fingerprint density at radius 3 is 2.58 bits per heavy atom. The minimum absolute atomic E-state index is 0.00814. The van der Waals surface area contributed by atoms with Crippen LogP contribution < -0.4 is 10.1 Å². The minimum atomic E-state index is -3.67. The first-order valence-electron chi connectivity index (χ1n) is 14.6. The molecule has 3 aromatic rings. The number of nitrogens with one attached hydrogen (secondary N) is 1. The molecule has 6 rings (SSSR count). The van der Waals surface area contributed by atoms with Crippen molar-refractivity contribution in [1.82, 2.24) is 14.6 Å². The monoisotopic (exact) mass is 631 g/mol. The van der Waals surface area contributed by atoms with Crippen molar-refractivity contribution in [3.05, 3.63) is 60.8 Å². The molecule has 1 unspecified atom stereocenters. The molecule has 3 heterocycles. The van der Waals surface area contributed by atoms with E-state index < -0.39 is 42.9 Å². The van der Waals surface area contributed by atoms with E-state index in [1.54, 1.807) is 18.2 Å². The van der Waals surface area contributed by atoms with Crippen molar-refractivity contribution >= 4 is 30.8 Å². The highest BCUT2D eigenvalue weighted by Crippen LogP contribution is 2.37. The molecule has 2 aliphatic heterocycles. The first kappa shape index (κ1) is 30.4. The third-order valence-electron chi connectivity index (χ3n) is 8.77. The lowest BCUT2D eigenvalue weighted by Crippen LogP contribution is -2.47. The van der Waals surface area contributed by atoms with Gasteiger partial charge in [0.2, 0.25) is 10.0 Å². The van der Waals surface area contributed by atoms with E-state index in [4.69, 9.17) is 9.47 Å². The molecule has 232 valence electrons. The molecular formula is C30H37N3O8S2. The van der Waals surface area contributed by atoms with Crippen molar-refractivity contribution in [3.63, 3.8) is 0 Å². The number of fused-ring (bicyclic) bond motifs is 1. The van der Waals surface area contributed by atoms with Crippen molar-refractivity contribution in [1.29, 1.82) is 0 Å². The zero-order chi connectivity index (χ0) is 30.2. The van der Waals surface area contributed by atoms with E-state index in [1.165, 1.54) is 22.6 Å². The second-order valence-electron chi connectivity index (χ2n) is 11.8. The number of benzene rings is 2. The fraction of sp³-hybridized carbons (Fsp3) is 0.500. The molecule has 0 radical (unpaired) electrons. The number of sulfonamides is 1. The van der Waals surface area contributed by atoms with Gasteiger partial charge in [0.1, 0.15) is 23.4 Å². The molecule has 1 saturated carbocycles. The van der Waals surface area contributed by atoms with Crippen LogP contribution in [0.25, 0.3) is 10.9 Å². The fourth-order valence-corrected chi connectivity index (χ4v) is 9.39. The van der Waals surface area contributed by atoms with Gasteiger partial charge in [0, 0.05) is 37.3 Å². The van der Waals surface area contributed by atoms with Crippen molar-refractivity contribution in [3.8, 4) is 5.75 Å². The Morgan fingerprint density at radius 2 is 1.81 bits per heavy atom. The van der Waals surface area contributed by atoms with Gasteiger partial charge in [-0.15, -0.1) is 0 Å². The summed E-state index contributed by atoms with van der Waals surface area (Å²) >= 11 is 0. The van der Waals surface area contributed by atoms with Crippen LogP contribution >= 0.6 is 0 Å². The van der Waals surface area contributed by atoms with Crippen LogP contribution in [-0.2, 0) is 24.6 Å². The Kier molecular flexibility index (Phi) is 8.50. The number of nitrogens with zero attached hydrogens (tertiary/aromatic N) is 2. The first-order chi connectivity index (χ1) is 20.5. The molecule has 0 bridgehead atoms. The van der Waals surface area contributed by atoms with Crippen molar-refractivity contribution in [2.75, 3.05) is 32.8 Å². The summed E-state index contributed by atoms with van der Waals surface area (Å²) in [6.45, 7) is 1.42. The van der Waals surface area contributed by atoms with E-state index in [1.807, 2.05) is 24.3 Å². The third-order valence-corrected chi connectivity index (χ3v) is 12.8. The molecule has 2 aromatic carbocycles. The highest BCUT2D eigenvalue weighted by atomic mass is 32.2. The van der Waals surface area contributed by atoms with Crippen LogP contribution in [0.15, 0.2) is 70.6 Å². The van der Waals surface area contributed by atoms with Gasteiger partial charge in [-0.1, -0.05) is 24.3 Å². The number of aromatic nitrogens is 1. The number of hydrogen-bond donors (Lipinski definition) is 3. The number of piperidine rings is 1. The quantitative estimate of drug-likeness (QED) is 0.302.